The molecule has 1 heterocycles. The first-order valence-electron chi connectivity index (χ1n) is 5.26. The van der Waals surface area contributed by atoms with E-state index >= 15 is 0 Å². The van der Waals surface area contributed by atoms with Crippen LogP contribution in [0.5, 0.6) is 0 Å². The zero-order valence-electron chi connectivity index (χ0n) is 9.27. The summed E-state index contributed by atoms with van der Waals surface area (Å²) in [4.78, 5) is 11.2. The average molecular weight is 243 g/mol. The van der Waals surface area contributed by atoms with E-state index in [4.69, 9.17) is 0 Å². The minimum absolute atomic E-state index is 0.0626. The largest absolute Gasteiger partial charge is 0.416 e. The van der Waals surface area contributed by atoms with Crippen molar-refractivity contribution < 1.29 is 18.0 Å². The second-order valence-electron chi connectivity index (χ2n) is 4.59. The number of rotatable bonds is 1. The number of amides is 1. The summed E-state index contributed by atoms with van der Waals surface area (Å²) >= 11 is 0. The Bertz CT molecular complexity index is 438. The number of hydrogen-bond donors (Lipinski definition) is 1. The van der Waals surface area contributed by atoms with E-state index in [1.807, 2.05) is 6.92 Å². The fourth-order valence-electron chi connectivity index (χ4n) is 2.04. The molecule has 0 aromatic heterocycles. The van der Waals surface area contributed by atoms with Crippen LogP contribution < -0.4 is 5.32 Å². The lowest BCUT2D eigenvalue weighted by Crippen LogP contribution is -2.25. The highest BCUT2D eigenvalue weighted by Gasteiger charge is 2.36. The molecule has 1 atom stereocenters. The summed E-state index contributed by atoms with van der Waals surface area (Å²) in [6.45, 7) is 2.34. The van der Waals surface area contributed by atoms with Crippen LogP contribution in [0.25, 0.3) is 0 Å². The van der Waals surface area contributed by atoms with Gasteiger partial charge in [-0.05, 0) is 17.7 Å². The van der Waals surface area contributed by atoms with E-state index in [-0.39, 0.29) is 5.91 Å². The van der Waals surface area contributed by atoms with Gasteiger partial charge in [0.15, 0.2) is 0 Å². The molecular formula is C12H12F3NO. The third-order valence-electron chi connectivity index (χ3n) is 3.14. The predicted octanol–water partition coefficient (Wildman–Crippen LogP) is 2.48. The molecule has 17 heavy (non-hydrogen) atoms. The molecule has 92 valence electrons. The average Bonchev–Trinajstić information content (AvgIpc) is 2.59. The Labute approximate surface area is 96.8 Å². The second-order valence-corrected chi connectivity index (χ2v) is 4.59. The maximum atomic E-state index is 12.4. The van der Waals surface area contributed by atoms with Crippen molar-refractivity contribution in [2.75, 3.05) is 6.54 Å². The molecule has 1 N–H and O–H groups in total. The summed E-state index contributed by atoms with van der Waals surface area (Å²) in [5, 5.41) is 2.69. The maximum Gasteiger partial charge on any atom is 0.416 e. The molecule has 1 aliphatic rings. The van der Waals surface area contributed by atoms with Crippen molar-refractivity contribution in [1.29, 1.82) is 0 Å². The van der Waals surface area contributed by atoms with Crippen LogP contribution in [0.3, 0.4) is 0 Å². The van der Waals surface area contributed by atoms with Gasteiger partial charge in [0, 0.05) is 18.4 Å². The summed E-state index contributed by atoms with van der Waals surface area (Å²) in [6, 6.07) is 5.01. The molecular weight excluding hydrogens is 231 g/mol. The van der Waals surface area contributed by atoms with Crippen molar-refractivity contribution in [2.24, 2.45) is 0 Å². The quantitative estimate of drug-likeness (QED) is 0.806. The number of hydrogen-bond acceptors (Lipinski definition) is 1. The fourth-order valence-corrected chi connectivity index (χ4v) is 2.04. The minimum atomic E-state index is -4.32. The van der Waals surface area contributed by atoms with Gasteiger partial charge in [-0.25, -0.2) is 0 Å². The van der Waals surface area contributed by atoms with E-state index < -0.39 is 17.2 Å². The highest BCUT2D eigenvalue weighted by Crippen LogP contribution is 2.34. The van der Waals surface area contributed by atoms with Gasteiger partial charge in [0.25, 0.3) is 0 Å². The van der Waals surface area contributed by atoms with E-state index in [0.29, 0.717) is 13.0 Å². The smallest absolute Gasteiger partial charge is 0.355 e. The summed E-state index contributed by atoms with van der Waals surface area (Å²) in [7, 11) is 0. The first-order chi connectivity index (χ1) is 7.81. The molecule has 1 aromatic rings. The van der Waals surface area contributed by atoms with Crippen LogP contribution in [-0.2, 0) is 16.4 Å². The number of carbonyl (C=O) groups is 1. The number of alkyl halides is 3. The van der Waals surface area contributed by atoms with Gasteiger partial charge in [0.2, 0.25) is 5.91 Å². The van der Waals surface area contributed by atoms with E-state index in [0.717, 1.165) is 17.7 Å². The number of benzene rings is 1. The van der Waals surface area contributed by atoms with E-state index in [9.17, 15) is 18.0 Å². The third-order valence-corrected chi connectivity index (χ3v) is 3.14. The molecule has 2 rings (SSSR count). The first kappa shape index (κ1) is 12.0. The molecule has 0 spiro atoms. The number of carbonyl (C=O) groups excluding carboxylic acids is 1. The predicted molar refractivity (Wildman–Crippen MR) is 56.4 cm³/mol. The van der Waals surface area contributed by atoms with Gasteiger partial charge in [0.05, 0.1) is 5.56 Å². The molecule has 1 saturated heterocycles. The minimum Gasteiger partial charge on any atom is -0.355 e. The van der Waals surface area contributed by atoms with Crippen molar-refractivity contribution in [1.82, 2.24) is 5.32 Å². The monoisotopic (exact) mass is 243 g/mol. The lowest BCUT2D eigenvalue weighted by molar-refractivity contribution is -0.137. The Morgan fingerprint density at radius 3 is 2.24 bits per heavy atom. The normalized spacial score (nSPS) is 24.8. The Morgan fingerprint density at radius 2 is 1.82 bits per heavy atom. The van der Waals surface area contributed by atoms with E-state index in [2.05, 4.69) is 5.32 Å². The van der Waals surface area contributed by atoms with Crippen molar-refractivity contribution in [3.63, 3.8) is 0 Å². The topological polar surface area (TPSA) is 29.1 Å². The molecule has 0 aliphatic carbocycles. The third kappa shape index (κ3) is 2.28. The summed E-state index contributed by atoms with van der Waals surface area (Å²) in [6.07, 6.45) is -4.00. The van der Waals surface area contributed by atoms with Crippen LogP contribution >= 0.6 is 0 Å². The van der Waals surface area contributed by atoms with Gasteiger partial charge in [-0.1, -0.05) is 19.1 Å². The zero-order valence-corrected chi connectivity index (χ0v) is 9.27. The van der Waals surface area contributed by atoms with Gasteiger partial charge in [-0.3, -0.25) is 4.79 Å². The highest BCUT2D eigenvalue weighted by atomic mass is 19.4. The van der Waals surface area contributed by atoms with Crippen LogP contribution in [0.4, 0.5) is 13.2 Å². The van der Waals surface area contributed by atoms with Crippen molar-refractivity contribution in [2.45, 2.75) is 24.9 Å². The Balaban J connectivity index is 2.27. The summed E-state index contributed by atoms with van der Waals surface area (Å²) < 4.78 is 37.2. The lowest BCUT2D eigenvalue weighted by atomic mass is 9.81. The van der Waals surface area contributed by atoms with Crippen LogP contribution in [0.1, 0.15) is 24.5 Å². The molecule has 0 saturated carbocycles. The Kier molecular flexibility index (Phi) is 2.64. The van der Waals surface area contributed by atoms with Gasteiger partial charge in [-0.2, -0.15) is 13.2 Å². The lowest BCUT2D eigenvalue weighted by Gasteiger charge is -2.22. The van der Waals surface area contributed by atoms with Gasteiger partial charge >= 0.3 is 6.18 Å². The molecule has 1 unspecified atom stereocenters. The van der Waals surface area contributed by atoms with E-state index in [1.54, 1.807) is 0 Å². The maximum absolute atomic E-state index is 12.4. The SMILES string of the molecule is CC1(c2ccc(C(F)(F)F)cc2)CNC(=O)C1. The fraction of sp³-hybridized carbons (Fsp3) is 0.417. The molecule has 1 amide bonds. The molecule has 5 heteroatoms. The Morgan fingerprint density at radius 1 is 1.24 bits per heavy atom. The van der Waals surface area contributed by atoms with Gasteiger partial charge in [0.1, 0.15) is 0 Å². The Hall–Kier alpha value is -1.52. The summed E-state index contributed by atoms with van der Waals surface area (Å²) in [5.74, 6) is -0.0626. The van der Waals surface area contributed by atoms with E-state index in [1.165, 1.54) is 12.1 Å². The molecule has 2 nitrogen and oxygen atoms in total. The molecule has 0 radical (unpaired) electrons. The molecule has 0 bridgehead atoms. The molecule has 1 aliphatic heterocycles. The van der Waals surface area contributed by atoms with Crippen molar-refractivity contribution in [3.8, 4) is 0 Å². The summed E-state index contributed by atoms with van der Waals surface area (Å²) in [5.41, 5.74) is -0.313. The standard InChI is InChI=1S/C12H12F3NO/c1-11(6-10(17)16-7-11)8-2-4-9(5-3-8)12(13,14)15/h2-5H,6-7H2,1H3,(H,16,17). The van der Waals surface area contributed by atoms with Crippen LogP contribution in [0.2, 0.25) is 0 Å². The first-order valence-corrected chi connectivity index (χ1v) is 5.26. The number of nitrogens with one attached hydrogen (secondary N) is 1. The zero-order chi connectivity index (χ0) is 12.7. The van der Waals surface area contributed by atoms with Crippen LogP contribution in [0, 0.1) is 0 Å². The van der Waals surface area contributed by atoms with Crippen molar-refractivity contribution in [3.05, 3.63) is 35.4 Å². The molecule has 1 aromatic carbocycles. The van der Waals surface area contributed by atoms with Crippen LogP contribution in [0.15, 0.2) is 24.3 Å². The number of halogens is 3. The van der Waals surface area contributed by atoms with Gasteiger partial charge in [-0.15, -0.1) is 0 Å². The van der Waals surface area contributed by atoms with Crippen molar-refractivity contribution >= 4 is 5.91 Å². The van der Waals surface area contributed by atoms with Crippen LogP contribution in [-0.4, -0.2) is 12.5 Å². The highest BCUT2D eigenvalue weighted by molar-refractivity contribution is 5.80. The molecule has 1 fully saturated rings. The second kappa shape index (κ2) is 3.75. The van der Waals surface area contributed by atoms with Gasteiger partial charge < -0.3 is 5.32 Å².